The predicted molar refractivity (Wildman–Crippen MR) is 98.2 cm³/mol. The molecular weight excluding hydrogens is 322 g/mol. The van der Waals surface area contributed by atoms with E-state index >= 15 is 0 Å². The number of halogens is 1. The van der Waals surface area contributed by atoms with Gasteiger partial charge in [-0.25, -0.2) is 0 Å². The van der Waals surface area contributed by atoms with Crippen molar-refractivity contribution in [1.29, 1.82) is 0 Å². The topological polar surface area (TPSA) is 49.6 Å². The van der Waals surface area contributed by atoms with Gasteiger partial charge in [-0.15, -0.1) is 0 Å². The first-order valence-electron chi connectivity index (χ1n) is 8.02. The largest absolute Gasteiger partial charge is 0.378 e. The van der Waals surface area contributed by atoms with Crippen LogP contribution in [0.15, 0.2) is 42.5 Å². The van der Waals surface area contributed by atoms with Crippen LogP contribution in [0.1, 0.15) is 16.7 Å². The van der Waals surface area contributed by atoms with Crippen LogP contribution in [-0.2, 0) is 24.3 Å². The van der Waals surface area contributed by atoms with Gasteiger partial charge < -0.3 is 15.5 Å². The Morgan fingerprint density at radius 2 is 1.83 bits per heavy atom. The molecule has 0 bridgehead atoms. The van der Waals surface area contributed by atoms with Crippen LogP contribution in [0, 0.1) is 0 Å². The molecule has 1 aliphatic rings. The summed E-state index contributed by atoms with van der Waals surface area (Å²) in [6, 6.07) is 13.4. The van der Waals surface area contributed by atoms with Gasteiger partial charge in [-0.3, -0.25) is 4.79 Å². The highest BCUT2D eigenvalue weighted by atomic mass is 35.5. The Bertz CT molecular complexity index is 735. The molecule has 0 radical (unpaired) electrons. The fourth-order valence-corrected chi connectivity index (χ4v) is 3.28. The number of carbonyl (C=O) groups is 1. The highest BCUT2D eigenvalue weighted by Crippen LogP contribution is 2.25. The first-order valence-corrected chi connectivity index (χ1v) is 8.40. The van der Waals surface area contributed by atoms with E-state index in [0.29, 0.717) is 24.5 Å². The molecule has 1 aliphatic heterocycles. The zero-order valence-corrected chi connectivity index (χ0v) is 14.8. The molecule has 0 saturated carbocycles. The van der Waals surface area contributed by atoms with Crippen LogP contribution in [0.5, 0.6) is 0 Å². The Kier molecular flexibility index (Phi) is 4.78. The summed E-state index contributed by atoms with van der Waals surface area (Å²) in [5.41, 5.74) is 10.5. The first-order chi connectivity index (χ1) is 11.5. The summed E-state index contributed by atoms with van der Waals surface area (Å²) in [6.07, 6.45) is 0.443. The van der Waals surface area contributed by atoms with E-state index in [-0.39, 0.29) is 5.91 Å². The Balaban J connectivity index is 1.67. The standard InChI is InChI=1S/C19H22ClN3O/c1-22(2)16-8-7-13(17(20)10-16)9-18(21)19(24)23-11-14-5-3-4-6-15(14)12-23/h3-8,10,18H,9,11-12,21H2,1-2H3. The summed E-state index contributed by atoms with van der Waals surface area (Å²) in [7, 11) is 3.93. The quantitative estimate of drug-likeness (QED) is 0.928. The van der Waals surface area contributed by atoms with Crippen molar-refractivity contribution in [2.45, 2.75) is 25.6 Å². The molecule has 2 aromatic rings. The highest BCUT2D eigenvalue weighted by molar-refractivity contribution is 6.31. The lowest BCUT2D eigenvalue weighted by Gasteiger charge is -2.21. The van der Waals surface area contributed by atoms with Crippen LogP contribution < -0.4 is 10.6 Å². The molecule has 1 amide bonds. The molecule has 1 unspecified atom stereocenters. The van der Waals surface area contributed by atoms with E-state index in [1.807, 2.05) is 54.2 Å². The van der Waals surface area contributed by atoms with Crippen LogP contribution in [0.25, 0.3) is 0 Å². The number of nitrogens with two attached hydrogens (primary N) is 1. The van der Waals surface area contributed by atoms with Crippen molar-refractivity contribution in [2.75, 3.05) is 19.0 Å². The zero-order valence-electron chi connectivity index (χ0n) is 14.0. The molecule has 4 nitrogen and oxygen atoms in total. The van der Waals surface area contributed by atoms with Crippen molar-refractivity contribution in [3.05, 3.63) is 64.2 Å². The number of amides is 1. The second-order valence-corrected chi connectivity index (χ2v) is 6.85. The van der Waals surface area contributed by atoms with Crippen LogP contribution >= 0.6 is 11.6 Å². The van der Waals surface area contributed by atoms with Gasteiger partial charge in [-0.1, -0.05) is 41.9 Å². The molecule has 0 saturated heterocycles. The van der Waals surface area contributed by atoms with E-state index in [1.54, 1.807) is 0 Å². The Morgan fingerprint density at radius 3 is 2.38 bits per heavy atom. The molecular formula is C19H22ClN3O. The van der Waals surface area contributed by atoms with Gasteiger partial charge in [0.05, 0.1) is 6.04 Å². The number of hydrogen-bond acceptors (Lipinski definition) is 3. The number of anilines is 1. The fraction of sp³-hybridized carbons (Fsp3) is 0.316. The number of rotatable bonds is 4. The predicted octanol–water partition coefficient (Wildman–Crippen LogP) is 2.82. The minimum Gasteiger partial charge on any atom is -0.378 e. The molecule has 2 N–H and O–H groups in total. The average molecular weight is 344 g/mol. The van der Waals surface area contributed by atoms with Crippen molar-refractivity contribution >= 4 is 23.2 Å². The van der Waals surface area contributed by atoms with Gasteiger partial charge >= 0.3 is 0 Å². The van der Waals surface area contributed by atoms with Crippen molar-refractivity contribution in [1.82, 2.24) is 4.90 Å². The summed E-state index contributed by atoms with van der Waals surface area (Å²) >= 11 is 6.35. The third-order valence-electron chi connectivity index (χ3n) is 4.46. The number of carbonyl (C=O) groups excluding carboxylic acids is 1. The molecule has 3 rings (SSSR count). The average Bonchev–Trinajstić information content (AvgIpc) is 2.99. The van der Waals surface area contributed by atoms with Crippen molar-refractivity contribution in [3.63, 3.8) is 0 Å². The molecule has 5 heteroatoms. The molecule has 0 fully saturated rings. The van der Waals surface area contributed by atoms with Gasteiger partial charge in [0.25, 0.3) is 0 Å². The first kappa shape index (κ1) is 16.8. The molecule has 0 aromatic heterocycles. The number of nitrogens with zero attached hydrogens (tertiary/aromatic N) is 2. The molecule has 1 heterocycles. The molecule has 24 heavy (non-hydrogen) atoms. The Hall–Kier alpha value is -2.04. The monoisotopic (exact) mass is 343 g/mol. The van der Waals surface area contributed by atoms with Gasteiger partial charge in [-0.05, 0) is 35.2 Å². The van der Waals surface area contributed by atoms with Gasteiger partial charge in [0.1, 0.15) is 0 Å². The molecule has 126 valence electrons. The van der Waals surface area contributed by atoms with E-state index in [0.717, 1.165) is 11.3 Å². The fourth-order valence-electron chi connectivity index (χ4n) is 3.03. The SMILES string of the molecule is CN(C)c1ccc(CC(N)C(=O)N2Cc3ccccc3C2)c(Cl)c1. The number of benzene rings is 2. The van der Waals surface area contributed by atoms with E-state index in [4.69, 9.17) is 17.3 Å². The van der Waals surface area contributed by atoms with Crippen molar-refractivity contribution < 1.29 is 4.79 Å². The van der Waals surface area contributed by atoms with Crippen LogP contribution in [-0.4, -0.2) is 30.9 Å². The maximum Gasteiger partial charge on any atom is 0.240 e. The van der Waals surface area contributed by atoms with E-state index < -0.39 is 6.04 Å². The third-order valence-corrected chi connectivity index (χ3v) is 4.81. The minimum atomic E-state index is -0.581. The third kappa shape index (κ3) is 3.40. The van der Waals surface area contributed by atoms with E-state index in [2.05, 4.69) is 12.1 Å². The normalized spacial score (nSPS) is 14.4. The Labute approximate surface area is 147 Å². The summed E-state index contributed by atoms with van der Waals surface area (Å²) < 4.78 is 0. The summed E-state index contributed by atoms with van der Waals surface area (Å²) in [6.45, 7) is 1.27. The maximum absolute atomic E-state index is 12.7. The van der Waals surface area contributed by atoms with Gasteiger partial charge in [0, 0.05) is 37.9 Å². The second-order valence-electron chi connectivity index (χ2n) is 6.44. The molecule has 1 atom stereocenters. The van der Waals surface area contributed by atoms with E-state index in [9.17, 15) is 4.79 Å². The van der Waals surface area contributed by atoms with Crippen molar-refractivity contribution in [2.24, 2.45) is 5.73 Å². The lowest BCUT2D eigenvalue weighted by atomic mass is 10.0. The van der Waals surface area contributed by atoms with Crippen molar-refractivity contribution in [3.8, 4) is 0 Å². The summed E-state index contributed by atoms with van der Waals surface area (Å²) in [5, 5.41) is 0.647. The smallest absolute Gasteiger partial charge is 0.240 e. The molecule has 2 aromatic carbocycles. The zero-order chi connectivity index (χ0) is 17.3. The summed E-state index contributed by atoms with van der Waals surface area (Å²) in [4.78, 5) is 16.5. The Morgan fingerprint density at radius 1 is 1.21 bits per heavy atom. The lowest BCUT2D eigenvalue weighted by Crippen LogP contribution is -2.42. The minimum absolute atomic E-state index is 0.0287. The second kappa shape index (κ2) is 6.83. The number of fused-ring (bicyclic) bond motifs is 1. The summed E-state index contributed by atoms with van der Waals surface area (Å²) in [5.74, 6) is -0.0287. The van der Waals surface area contributed by atoms with Crippen LogP contribution in [0.2, 0.25) is 5.02 Å². The van der Waals surface area contributed by atoms with Gasteiger partial charge in [0.15, 0.2) is 0 Å². The number of hydrogen-bond donors (Lipinski definition) is 1. The maximum atomic E-state index is 12.7. The van der Waals surface area contributed by atoms with Crippen LogP contribution in [0.4, 0.5) is 5.69 Å². The molecule has 0 spiro atoms. The molecule has 0 aliphatic carbocycles. The van der Waals surface area contributed by atoms with Gasteiger partial charge in [-0.2, -0.15) is 0 Å². The lowest BCUT2D eigenvalue weighted by molar-refractivity contribution is -0.133. The van der Waals surface area contributed by atoms with Crippen LogP contribution in [0.3, 0.4) is 0 Å². The highest BCUT2D eigenvalue weighted by Gasteiger charge is 2.27. The van der Waals surface area contributed by atoms with Gasteiger partial charge in [0.2, 0.25) is 5.91 Å². The van der Waals surface area contributed by atoms with E-state index in [1.165, 1.54) is 11.1 Å².